The van der Waals surface area contributed by atoms with Crippen LogP contribution in [0.15, 0.2) is 18.2 Å². The minimum Gasteiger partial charge on any atom is -0.287 e. The van der Waals surface area contributed by atoms with Crippen LogP contribution >= 0.6 is 11.6 Å². The fraction of sp³-hybridized carbons (Fsp3) is 0.222. The van der Waals surface area contributed by atoms with E-state index in [1.165, 1.54) is 0 Å². The van der Waals surface area contributed by atoms with Crippen LogP contribution < -0.4 is 0 Å². The molecule has 0 N–H and O–H groups in total. The molecule has 0 aromatic heterocycles. The highest BCUT2D eigenvalue weighted by Crippen LogP contribution is 2.40. The number of alkyl halides is 5. The van der Waals surface area contributed by atoms with Crippen LogP contribution in [0.2, 0.25) is 5.02 Å². The Morgan fingerprint density at radius 3 is 2.16 bits per heavy atom. The van der Waals surface area contributed by atoms with E-state index in [0.29, 0.717) is 6.07 Å². The summed E-state index contributed by atoms with van der Waals surface area (Å²) in [7, 11) is 0. The van der Waals surface area contributed by atoms with E-state index in [0.717, 1.165) is 12.1 Å². The summed E-state index contributed by atoms with van der Waals surface area (Å²) in [5.41, 5.74) is -2.70. The normalized spacial score (nSPS) is 12.3. The third-order valence-corrected chi connectivity index (χ3v) is 2.36. The van der Waals surface area contributed by atoms with Gasteiger partial charge in [-0.2, -0.15) is 22.0 Å². The van der Waals surface area contributed by atoms with Crippen molar-refractivity contribution in [2.24, 2.45) is 0 Å². The zero-order chi connectivity index (χ0) is 15.0. The number of hydrogen-bond donors (Lipinski definition) is 0. The Kier molecular flexibility index (Phi) is 3.80. The van der Waals surface area contributed by atoms with Gasteiger partial charge in [0.2, 0.25) is 5.78 Å². The van der Waals surface area contributed by atoms with Gasteiger partial charge in [-0.1, -0.05) is 17.7 Å². The van der Waals surface area contributed by atoms with Crippen molar-refractivity contribution in [2.75, 3.05) is 0 Å². The Labute approximate surface area is 106 Å². The third-order valence-electron chi connectivity index (χ3n) is 2.06. The van der Waals surface area contributed by atoms with Crippen LogP contribution in [-0.4, -0.2) is 22.8 Å². The SMILES string of the molecule is O=C(c1cccc(Cl)c1[N+](=O)[O-])C(F)(F)C(F)(F)F. The highest BCUT2D eigenvalue weighted by molar-refractivity contribution is 6.33. The van der Waals surface area contributed by atoms with E-state index in [1.54, 1.807) is 0 Å². The first-order chi connectivity index (χ1) is 8.50. The second-order valence-corrected chi connectivity index (χ2v) is 3.70. The quantitative estimate of drug-likeness (QED) is 0.371. The maximum atomic E-state index is 12.8. The van der Waals surface area contributed by atoms with E-state index in [-0.39, 0.29) is 0 Å². The number of hydrogen-bond acceptors (Lipinski definition) is 3. The number of nitrogens with zero attached hydrogens (tertiary/aromatic N) is 1. The Morgan fingerprint density at radius 1 is 1.21 bits per heavy atom. The number of Topliss-reactive ketones (excluding diaryl/α,β-unsaturated/α-hetero) is 1. The van der Waals surface area contributed by atoms with Crippen LogP contribution in [0.25, 0.3) is 0 Å². The molecule has 0 saturated heterocycles. The minimum absolute atomic E-state index is 0.478. The van der Waals surface area contributed by atoms with Crippen LogP contribution in [0, 0.1) is 10.1 Å². The lowest BCUT2D eigenvalue weighted by atomic mass is 10.0. The number of benzene rings is 1. The lowest BCUT2D eigenvalue weighted by Gasteiger charge is -2.18. The number of rotatable bonds is 3. The van der Waals surface area contributed by atoms with Gasteiger partial charge in [0.15, 0.2) is 0 Å². The van der Waals surface area contributed by atoms with Crippen molar-refractivity contribution in [1.82, 2.24) is 0 Å². The van der Waals surface area contributed by atoms with Crippen molar-refractivity contribution in [1.29, 1.82) is 0 Å². The molecule has 1 aromatic rings. The lowest BCUT2D eigenvalue weighted by Crippen LogP contribution is -2.44. The maximum Gasteiger partial charge on any atom is 0.461 e. The summed E-state index contributed by atoms with van der Waals surface area (Å²) in [6.45, 7) is 0. The lowest BCUT2D eigenvalue weighted by molar-refractivity contribution is -0.385. The van der Waals surface area contributed by atoms with Gasteiger partial charge in [0.1, 0.15) is 10.6 Å². The summed E-state index contributed by atoms with van der Waals surface area (Å²) in [4.78, 5) is 20.4. The summed E-state index contributed by atoms with van der Waals surface area (Å²) in [5.74, 6) is -8.46. The van der Waals surface area contributed by atoms with Gasteiger partial charge in [-0.05, 0) is 12.1 Å². The molecule has 0 heterocycles. The smallest absolute Gasteiger partial charge is 0.287 e. The average Bonchev–Trinajstić information content (AvgIpc) is 2.25. The van der Waals surface area contributed by atoms with Crippen molar-refractivity contribution >= 4 is 23.1 Å². The molecule has 0 radical (unpaired) electrons. The van der Waals surface area contributed by atoms with Crippen LogP contribution in [0.5, 0.6) is 0 Å². The molecule has 104 valence electrons. The number of para-hydroxylation sites is 1. The van der Waals surface area contributed by atoms with Crippen molar-refractivity contribution < 1.29 is 31.7 Å². The Balaban J connectivity index is 3.44. The molecule has 0 unspecified atom stereocenters. The van der Waals surface area contributed by atoms with Crippen molar-refractivity contribution in [3.63, 3.8) is 0 Å². The van der Waals surface area contributed by atoms with Crippen LogP contribution in [0.1, 0.15) is 10.4 Å². The molecule has 19 heavy (non-hydrogen) atoms. The van der Waals surface area contributed by atoms with Gasteiger partial charge in [-0.3, -0.25) is 14.9 Å². The molecule has 0 aliphatic carbocycles. The van der Waals surface area contributed by atoms with Crippen LogP contribution in [0.3, 0.4) is 0 Å². The second-order valence-electron chi connectivity index (χ2n) is 3.29. The highest BCUT2D eigenvalue weighted by Gasteiger charge is 2.64. The number of halogens is 6. The Bertz CT molecular complexity index is 543. The molecule has 0 aliphatic rings. The molecule has 10 heteroatoms. The molecule has 4 nitrogen and oxygen atoms in total. The average molecular weight is 304 g/mol. The molecule has 0 fully saturated rings. The fourth-order valence-electron chi connectivity index (χ4n) is 1.18. The van der Waals surface area contributed by atoms with Gasteiger partial charge in [0.05, 0.1) is 4.92 Å². The zero-order valence-corrected chi connectivity index (χ0v) is 9.43. The van der Waals surface area contributed by atoms with E-state index in [1.807, 2.05) is 0 Å². The standard InChI is InChI=1S/C9H3ClF5NO3/c10-5-3-1-2-4(6(5)16(18)19)7(17)8(11,12)9(13,14)15/h1-3H. The summed E-state index contributed by atoms with van der Waals surface area (Å²) in [5, 5.41) is 9.85. The monoisotopic (exact) mass is 303 g/mol. The van der Waals surface area contributed by atoms with E-state index in [9.17, 15) is 36.9 Å². The molecule has 0 bridgehead atoms. The molecule has 1 aromatic carbocycles. The van der Waals surface area contributed by atoms with E-state index in [2.05, 4.69) is 0 Å². The van der Waals surface area contributed by atoms with E-state index >= 15 is 0 Å². The summed E-state index contributed by atoms with van der Waals surface area (Å²) in [6, 6.07) is 2.23. The molecule has 0 saturated carbocycles. The molecule has 0 spiro atoms. The summed E-state index contributed by atoms with van der Waals surface area (Å²) >= 11 is 5.31. The molecular weight excluding hydrogens is 301 g/mol. The first-order valence-corrected chi connectivity index (χ1v) is 4.80. The second kappa shape index (κ2) is 4.72. The van der Waals surface area contributed by atoms with Crippen molar-refractivity contribution in [3.8, 4) is 0 Å². The number of carbonyl (C=O) groups is 1. The third kappa shape index (κ3) is 2.65. The first kappa shape index (κ1) is 15.3. The van der Waals surface area contributed by atoms with Crippen molar-refractivity contribution in [2.45, 2.75) is 12.1 Å². The first-order valence-electron chi connectivity index (χ1n) is 4.42. The van der Waals surface area contributed by atoms with E-state index < -0.39 is 39.1 Å². The Hall–Kier alpha value is -1.77. The Morgan fingerprint density at radius 2 is 1.74 bits per heavy atom. The largest absolute Gasteiger partial charge is 0.461 e. The van der Waals surface area contributed by atoms with E-state index in [4.69, 9.17) is 11.6 Å². The molecule has 1 rings (SSSR count). The number of carbonyl (C=O) groups excluding carboxylic acids is 1. The molecule has 0 aliphatic heterocycles. The highest BCUT2D eigenvalue weighted by atomic mass is 35.5. The predicted molar refractivity (Wildman–Crippen MR) is 53.4 cm³/mol. The molecule has 0 amide bonds. The fourth-order valence-corrected chi connectivity index (χ4v) is 1.43. The topological polar surface area (TPSA) is 60.2 Å². The summed E-state index contributed by atoms with van der Waals surface area (Å²) < 4.78 is 61.8. The molecular formula is C9H3ClF5NO3. The zero-order valence-electron chi connectivity index (χ0n) is 8.67. The van der Waals surface area contributed by atoms with Crippen molar-refractivity contribution in [3.05, 3.63) is 38.9 Å². The van der Waals surface area contributed by atoms with Crippen LogP contribution in [0.4, 0.5) is 27.6 Å². The number of nitro groups is 1. The predicted octanol–water partition coefficient (Wildman–Crippen LogP) is 3.63. The minimum atomic E-state index is -6.15. The maximum absolute atomic E-state index is 12.8. The number of ketones is 1. The van der Waals surface area contributed by atoms with Crippen LogP contribution in [-0.2, 0) is 0 Å². The van der Waals surface area contributed by atoms with Gasteiger partial charge >= 0.3 is 12.1 Å². The summed E-state index contributed by atoms with van der Waals surface area (Å²) in [6.07, 6.45) is -6.15. The van der Waals surface area contributed by atoms with Gasteiger partial charge in [-0.25, -0.2) is 0 Å². The number of nitro benzene ring substituents is 1. The van der Waals surface area contributed by atoms with Gasteiger partial charge in [0.25, 0.3) is 5.69 Å². The van der Waals surface area contributed by atoms with Gasteiger partial charge in [0, 0.05) is 0 Å². The molecule has 0 atom stereocenters. The van der Waals surface area contributed by atoms with Gasteiger partial charge in [-0.15, -0.1) is 0 Å². The van der Waals surface area contributed by atoms with Gasteiger partial charge < -0.3 is 0 Å².